The van der Waals surface area contributed by atoms with Gasteiger partial charge in [0.15, 0.2) is 0 Å². The van der Waals surface area contributed by atoms with E-state index in [2.05, 4.69) is 54.5 Å². The quantitative estimate of drug-likeness (QED) is 0.519. The number of phenols is 2. The fourth-order valence-corrected chi connectivity index (χ4v) is 2.94. The molecule has 0 saturated heterocycles. The molecule has 0 saturated carbocycles. The van der Waals surface area contributed by atoms with Gasteiger partial charge in [0, 0.05) is 0 Å². The van der Waals surface area contributed by atoms with Crippen molar-refractivity contribution in [1.29, 1.82) is 0 Å². The number of phenolic OH excluding ortho intramolecular Hbond substituents is 2. The van der Waals surface area contributed by atoms with E-state index in [9.17, 15) is 5.11 Å². The smallest absolute Gasteiger partial charge is 0.119 e. The second kappa shape index (κ2) is 10.5. The molecule has 0 heterocycles. The average Bonchev–Trinajstić information content (AvgIpc) is 2.68. The van der Waals surface area contributed by atoms with Crippen LogP contribution in [-0.2, 0) is 17.3 Å². The van der Waals surface area contributed by atoms with Crippen molar-refractivity contribution in [1.82, 2.24) is 0 Å². The zero-order valence-corrected chi connectivity index (χ0v) is 19.0. The Morgan fingerprint density at radius 1 is 0.750 bits per heavy atom. The monoisotopic (exact) mass is 384 g/mol. The van der Waals surface area contributed by atoms with Crippen LogP contribution in [0.5, 0.6) is 11.5 Å². The zero-order chi connectivity index (χ0) is 21.4. The van der Waals surface area contributed by atoms with Gasteiger partial charge in [-0.1, -0.05) is 79.2 Å². The molecule has 0 spiro atoms. The van der Waals surface area contributed by atoms with Crippen molar-refractivity contribution < 1.29 is 10.2 Å². The SMILES string of the molecule is CCC(C)(C)c1ccc(O)c(C(C)(C)CC)c1.CCCCc1ccc(O)cc1. The molecule has 0 radical (unpaired) electrons. The number of unbranched alkanes of at least 4 members (excludes halogenated alkanes) is 1. The zero-order valence-electron chi connectivity index (χ0n) is 19.0. The Morgan fingerprint density at radius 2 is 1.32 bits per heavy atom. The third-order valence-electron chi connectivity index (χ3n) is 6.03. The topological polar surface area (TPSA) is 40.5 Å². The van der Waals surface area contributed by atoms with Crippen LogP contribution in [0.2, 0.25) is 0 Å². The third kappa shape index (κ3) is 6.89. The van der Waals surface area contributed by atoms with Crippen LogP contribution in [0.25, 0.3) is 0 Å². The fraction of sp³-hybridized carbons (Fsp3) is 0.538. The van der Waals surface area contributed by atoms with Gasteiger partial charge in [0.2, 0.25) is 0 Å². The van der Waals surface area contributed by atoms with Gasteiger partial charge in [-0.2, -0.15) is 0 Å². The van der Waals surface area contributed by atoms with Gasteiger partial charge >= 0.3 is 0 Å². The molecule has 2 heteroatoms. The first-order valence-electron chi connectivity index (χ1n) is 10.7. The summed E-state index contributed by atoms with van der Waals surface area (Å²) in [6, 6.07) is 13.5. The van der Waals surface area contributed by atoms with Crippen molar-refractivity contribution in [3.8, 4) is 11.5 Å². The highest BCUT2D eigenvalue weighted by molar-refractivity contribution is 5.43. The predicted octanol–water partition coefficient (Wildman–Crippen LogP) is 7.50. The summed E-state index contributed by atoms with van der Waals surface area (Å²) in [5, 5.41) is 19.0. The van der Waals surface area contributed by atoms with E-state index < -0.39 is 0 Å². The van der Waals surface area contributed by atoms with Crippen LogP contribution >= 0.6 is 0 Å². The molecule has 0 bridgehead atoms. The maximum Gasteiger partial charge on any atom is 0.119 e. The van der Waals surface area contributed by atoms with Crippen LogP contribution in [0.3, 0.4) is 0 Å². The van der Waals surface area contributed by atoms with E-state index >= 15 is 0 Å². The number of aromatic hydroxyl groups is 2. The molecule has 0 fully saturated rings. The lowest BCUT2D eigenvalue weighted by Crippen LogP contribution is -2.20. The summed E-state index contributed by atoms with van der Waals surface area (Å²) in [4.78, 5) is 0. The molecule has 0 unspecified atom stereocenters. The molecule has 0 aliphatic heterocycles. The Labute approximate surface area is 172 Å². The Balaban J connectivity index is 0.000000307. The molecule has 28 heavy (non-hydrogen) atoms. The van der Waals surface area contributed by atoms with E-state index in [1.54, 1.807) is 12.1 Å². The first kappa shape index (κ1) is 24.1. The molecular weight excluding hydrogens is 344 g/mol. The average molecular weight is 385 g/mol. The largest absolute Gasteiger partial charge is 0.508 e. The number of hydrogen-bond donors (Lipinski definition) is 2. The highest BCUT2D eigenvalue weighted by atomic mass is 16.3. The van der Waals surface area contributed by atoms with E-state index in [-0.39, 0.29) is 10.8 Å². The van der Waals surface area contributed by atoms with Crippen LogP contribution in [0.1, 0.15) is 90.8 Å². The second-order valence-corrected chi connectivity index (χ2v) is 8.98. The second-order valence-electron chi connectivity index (χ2n) is 8.98. The molecule has 0 atom stereocenters. The molecule has 2 aromatic carbocycles. The molecule has 0 amide bonds. The van der Waals surface area contributed by atoms with Gasteiger partial charge in [-0.05, 0) is 71.4 Å². The molecule has 0 aliphatic carbocycles. The van der Waals surface area contributed by atoms with Gasteiger partial charge < -0.3 is 10.2 Å². The lowest BCUT2D eigenvalue weighted by atomic mass is 9.76. The van der Waals surface area contributed by atoms with Crippen molar-refractivity contribution in [2.45, 2.75) is 91.4 Å². The number of aryl methyl sites for hydroxylation is 1. The summed E-state index contributed by atoms with van der Waals surface area (Å²) in [6.45, 7) is 15.4. The molecule has 2 nitrogen and oxygen atoms in total. The lowest BCUT2D eigenvalue weighted by molar-refractivity contribution is 0.425. The summed E-state index contributed by atoms with van der Waals surface area (Å²) in [5.41, 5.74) is 3.90. The highest BCUT2D eigenvalue weighted by Crippen LogP contribution is 2.37. The van der Waals surface area contributed by atoms with Crippen molar-refractivity contribution in [3.05, 3.63) is 59.2 Å². The Bertz CT molecular complexity index is 712. The van der Waals surface area contributed by atoms with Crippen molar-refractivity contribution in [2.75, 3.05) is 0 Å². The van der Waals surface area contributed by atoms with E-state index in [1.807, 2.05) is 24.3 Å². The van der Waals surface area contributed by atoms with Crippen molar-refractivity contribution in [3.63, 3.8) is 0 Å². The van der Waals surface area contributed by atoms with E-state index in [0.717, 1.165) is 24.8 Å². The van der Waals surface area contributed by atoms with Gasteiger partial charge in [0.1, 0.15) is 11.5 Å². The van der Waals surface area contributed by atoms with Crippen LogP contribution in [0.4, 0.5) is 0 Å². The summed E-state index contributed by atoms with van der Waals surface area (Å²) in [6.07, 6.45) is 5.70. The molecular formula is C26H40O2. The number of benzene rings is 2. The lowest BCUT2D eigenvalue weighted by Gasteiger charge is -2.29. The third-order valence-corrected chi connectivity index (χ3v) is 6.03. The summed E-state index contributed by atoms with van der Waals surface area (Å²) in [7, 11) is 0. The summed E-state index contributed by atoms with van der Waals surface area (Å²) >= 11 is 0. The molecule has 2 N–H and O–H groups in total. The Morgan fingerprint density at radius 3 is 1.82 bits per heavy atom. The van der Waals surface area contributed by atoms with Gasteiger partial charge in [-0.3, -0.25) is 0 Å². The van der Waals surface area contributed by atoms with Crippen molar-refractivity contribution in [2.24, 2.45) is 0 Å². The van der Waals surface area contributed by atoms with Gasteiger partial charge in [0.05, 0.1) is 0 Å². The molecule has 0 aliphatic rings. The van der Waals surface area contributed by atoms with Crippen LogP contribution in [0, 0.1) is 0 Å². The summed E-state index contributed by atoms with van der Waals surface area (Å²) in [5.74, 6) is 0.776. The Kier molecular flexibility index (Phi) is 9.07. The molecule has 2 rings (SSSR count). The van der Waals surface area contributed by atoms with Gasteiger partial charge in [0.25, 0.3) is 0 Å². The summed E-state index contributed by atoms with van der Waals surface area (Å²) < 4.78 is 0. The highest BCUT2D eigenvalue weighted by Gasteiger charge is 2.25. The minimum Gasteiger partial charge on any atom is -0.508 e. The van der Waals surface area contributed by atoms with Crippen molar-refractivity contribution >= 4 is 0 Å². The number of hydrogen-bond acceptors (Lipinski definition) is 2. The van der Waals surface area contributed by atoms with Gasteiger partial charge in [-0.25, -0.2) is 0 Å². The standard InChI is InChI=1S/C16H26O.C10H14O/c1-7-15(3,4)12-9-10-14(17)13(11-12)16(5,6)8-2;1-2-3-4-9-5-7-10(11)8-6-9/h9-11,17H,7-8H2,1-6H3;5-8,11H,2-4H2,1H3. The predicted molar refractivity (Wildman–Crippen MR) is 121 cm³/mol. The van der Waals surface area contributed by atoms with Crippen LogP contribution in [0.15, 0.2) is 42.5 Å². The van der Waals surface area contributed by atoms with E-state index in [0.29, 0.717) is 11.5 Å². The van der Waals surface area contributed by atoms with E-state index in [1.165, 1.54) is 24.0 Å². The molecule has 156 valence electrons. The molecule has 2 aromatic rings. The van der Waals surface area contributed by atoms with Crippen LogP contribution < -0.4 is 0 Å². The van der Waals surface area contributed by atoms with Gasteiger partial charge in [-0.15, -0.1) is 0 Å². The first-order valence-corrected chi connectivity index (χ1v) is 10.7. The van der Waals surface area contributed by atoms with E-state index in [4.69, 9.17) is 5.11 Å². The fourth-order valence-electron chi connectivity index (χ4n) is 2.94. The molecule has 0 aromatic heterocycles. The van der Waals surface area contributed by atoms with Crippen LogP contribution in [-0.4, -0.2) is 10.2 Å². The normalized spacial score (nSPS) is 11.7. The number of rotatable bonds is 7. The maximum atomic E-state index is 10.0. The minimum absolute atomic E-state index is 0.0317. The minimum atomic E-state index is 0.0317. The first-order chi connectivity index (χ1) is 13.1. The Hall–Kier alpha value is -1.96. The maximum absolute atomic E-state index is 10.0.